The van der Waals surface area contributed by atoms with Crippen molar-refractivity contribution in [1.82, 2.24) is 0 Å². The van der Waals surface area contributed by atoms with Gasteiger partial charge < -0.3 is 15.0 Å². The van der Waals surface area contributed by atoms with E-state index in [1.165, 1.54) is 0 Å². The van der Waals surface area contributed by atoms with Gasteiger partial charge >= 0.3 is 7.12 Å². The van der Waals surface area contributed by atoms with Crippen molar-refractivity contribution in [1.29, 1.82) is 0 Å². The standard InChI is InChI=1S/C18H20BNO3/c1-11-5-7-14(12(2)9-11)17(21)20-13-6-8-15-16(10-13)19(22)23-18(15,3)4/h5-10,22H,1-4H3,(H,20,21). The van der Waals surface area contributed by atoms with Gasteiger partial charge in [-0.1, -0.05) is 23.8 Å². The zero-order chi connectivity index (χ0) is 16.8. The molecule has 1 amide bonds. The third-order valence-electron chi connectivity index (χ3n) is 4.26. The highest BCUT2D eigenvalue weighted by Crippen LogP contribution is 2.30. The Morgan fingerprint density at radius 2 is 1.91 bits per heavy atom. The molecule has 0 radical (unpaired) electrons. The molecule has 1 aliphatic heterocycles. The number of carbonyl (C=O) groups is 1. The monoisotopic (exact) mass is 309 g/mol. The Morgan fingerprint density at radius 3 is 2.61 bits per heavy atom. The van der Waals surface area contributed by atoms with Crippen LogP contribution in [0.15, 0.2) is 36.4 Å². The van der Waals surface area contributed by atoms with Gasteiger partial charge in [-0.2, -0.15) is 0 Å². The summed E-state index contributed by atoms with van der Waals surface area (Å²) in [6.07, 6.45) is 0. The first-order valence-electron chi connectivity index (χ1n) is 7.67. The van der Waals surface area contributed by atoms with Crippen molar-refractivity contribution in [2.75, 3.05) is 5.32 Å². The first-order valence-corrected chi connectivity index (χ1v) is 7.67. The van der Waals surface area contributed by atoms with Crippen molar-refractivity contribution in [2.24, 2.45) is 0 Å². The van der Waals surface area contributed by atoms with E-state index in [1.807, 2.05) is 58.0 Å². The van der Waals surface area contributed by atoms with E-state index in [4.69, 9.17) is 4.65 Å². The number of fused-ring (bicyclic) bond motifs is 1. The molecule has 0 spiro atoms. The maximum Gasteiger partial charge on any atom is 0.492 e. The van der Waals surface area contributed by atoms with E-state index >= 15 is 0 Å². The third kappa shape index (κ3) is 2.90. The van der Waals surface area contributed by atoms with E-state index in [-0.39, 0.29) is 5.91 Å². The van der Waals surface area contributed by atoms with Crippen molar-refractivity contribution in [3.05, 3.63) is 58.7 Å². The first kappa shape index (κ1) is 15.8. The minimum atomic E-state index is -0.960. The van der Waals surface area contributed by atoms with Gasteiger partial charge in [0.15, 0.2) is 0 Å². The molecule has 5 heteroatoms. The molecule has 23 heavy (non-hydrogen) atoms. The molecule has 2 N–H and O–H groups in total. The zero-order valence-electron chi connectivity index (χ0n) is 13.8. The predicted octanol–water partition coefficient (Wildman–Crippen LogP) is 2.51. The molecule has 0 saturated heterocycles. The lowest BCUT2D eigenvalue weighted by atomic mass is 9.78. The lowest BCUT2D eigenvalue weighted by Gasteiger charge is -2.19. The summed E-state index contributed by atoms with van der Waals surface area (Å²) in [6.45, 7) is 7.75. The van der Waals surface area contributed by atoms with Gasteiger partial charge in [0.1, 0.15) is 0 Å². The molecule has 0 atom stereocenters. The molecule has 4 nitrogen and oxygen atoms in total. The average molecular weight is 309 g/mol. The predicted molar refractivity (Wildman–Crippen MR) is 92.0 cm³/mol. The molecule has 3 rings (SSSR count). The fourth-order valence-corrected chi connectivity index (χ4v) is 3.07. The van der Waals surface area contributed by atoms with Gasteiger partial charge in [0, 0.05) is 11.3 Å². The number of anilines is 1. The van der Waals surface area contributed by atoms with Crippen molar-refractivity contribution in [2.45, 2.75) is 33.3 Å². The molecule has 1 aliphatic rings. The Hall–Kier alpha value is -2.11. The van der Waals surface area contributed by atoms with Crippen LogP contribution < -0.4 is 10.8 Å². The van der Waals surface area contributed by atoms with Crippen molar-refractivity contribution in [3.63, 3.8) is 0 Å². The Labute approximate surface area is 136 Å². The summed E-state index contributed by atoms with van der Waals surface area (Å²) in [5.41, 5.74) is 4.47. The molecule has 118 valence electrons. The number of hydrogen-bond acceptors (Lipinski definition) is 3. The largest absolute Gasteiger partial charge is 0.492 e. The fourth-order valence-electron chi connectivity index (χ4n) is 3.07. The molecule has 0 fully saturated rings. The Bertz CT molecular complexity index is 786. The van der Waals surface area contributed by atoms with Gasteiger partial charge in [0.2, 0.25) is 0 Å². The Kier molecular flexibility index (Phi) is 3.78. The molecule has 2 aromatic rings. The van der Waals surface area contributed by atoms with Gasteiger partial charge in [0.05, 0.1) is 5.60 Å². The number of amides is 1. The number of nitrogens with one attached hydrogen (secondary N) is 1. The third-order valence-corrected chi connectivity index (χ3v) is 4.26. The summed E-state index contributed by atoms with van der Waals surface area (Å²) in [7, 11) is -0.960. The van der Waals surface area contributed by atoms with Crippen LogP contribution in [0.5, 0.6) is 0 Å². The number of benzene rings is 2. The van der Waals surface area contributed by atoms with E-state index < -0.39 is 12.7 Å². The highest BCUT2D eigenvalue weighted by molar-refractivity contribution is 6.62. The van der Waals surface area contributed by atoms with E-state index in [9.17, 15) is 9.82 Å². The van der Waals surface area contributed by atoms with E-state index in [0.29, 0.717) is 16.7 Å². The van der Waals surface area contributed by atoms with Crippen LogP contribution in [0.4, 0.5) is 5.69 Å². The highest BCUT2D eigenvalue weighted by atomic mass is 16.5. The average Bonchev–Trinajstić information content (AvgIpc) is 2.68. The molecule has 0 unspecified atom stereocenters. The molecule has 0 aliphatic carbocycles. The van der Waals surface area contributed by atoms with E-state index in [0.717, 1.165) is 16.7 Å². The Balaban J connectivity index is 1.87. The van der Waals surface area contributed by atoms with Crippen LogP contribution in [0, 0.1) is 13.8 Å². The second kappa shape index (κ2) is 5.51. The number of rotatable bonds is 2. The smallest absolute Gasteiger partial charge is 0.423 e. The van der Waals surface area contributed by atoms with Crippen molar-refractivity contribution >= 4 is 24.2 Å². The van der Waals surface area contributed by atoms with Crippen molar-refractivity contribution < 1.29 is 14.5 Å². The summed E-state index contributed by atoms with van der Waals surface area (Å²) in [6, 6.07) is 11.2. The number of aryl methyl sites for hydroxylation is 2. The summed E-state index contributed by atoms with van der Waals surface area (Å²) in [5.74, 6) is -0.157. The van der Waals surface area contributed by atoms with Crippen LogP contribution in [-0.4, -0.2) is 18.0 Å². The molecule has 1 heterocycles. The highest BCUT2D eigenvalue weighted by Gasteiger charge is 2.40. The molecule has 0 aromatic heterocycles. The SMILES string of the molecule is Cc1ccc(C(=O)Nc2ccc3c(c2)B(O)OC3(C)C)c(C)c1. The molecular weight excluding hydrogens is 289 g/mol. The van der Waals surface area contributed by atoms with Crippen LogP contribution in [0.3, 0.4) is 0 Å². The maximum absolute atomic E-state index is 12.5. The van der Waals surface area contributed by atoms with Gasteiger partial charge in [0.25, 0.3) is 5.91 Å². The lowest BCUT2D eigenvalue weighted by molar-refractivity contribution is 0.100. The van der Waals surface area contributed by atoms with Crippen LogP contribution in [0.2, 0.25) is 0 Å². The van der Waals surface area contributed by atoms with Crippen LogP contribution >= 0.6 is 0 Å². The molecule has 0 bridgehead atoms. The van der Waals surface area contributed by atoms with Crippen molar-refractivity contribution in [3.8, 4) is 0 Å². The Morgan fingerprint density at radius 1 is 1.17 bits per heavy atom. The quantitative estimate of drug-likeness (QED) is 0.838. The van der Waals surface area contributed by atoms with Crippen LogP contribution in [0.25, 0.3) is 0 Å². The van der Waals surface area contributed by atoms with Gasteiger partial charge in [-0.15, -0.1) is 0 Å². The number of hydrogen-bond donors (Lipinski definition) is 2. The molecular formula is C18H20BNO3. The van der Waals surface area contributed by atoms with Crippen LogP contribution in [-0.2, 0) is 10.3 Å². The number of carbonyl (C=O) groups excluding carboxylic acids is 1. The zero-order valence-corrected chi connectivity index (χ0v) is 13.8. The molecule has 2 aromatic carbocycles. The van der Waals surface area contributed by atoms with E-state index in [2.05, 4.69) is 5.32 Å². The minimum absolute atomic E-state index is 0.157. The second-order valence-corrected chi connectivity index (χ2v) is 6.56. The summed E-state index contributed by atoms with van der Waals surface area (Å²) < 4.78 is 5.54. The van der Waals surface area contributed by atoms with Crippen LogP contribution in [0.1, 0.15) is 40.9 Å². The fraction of sp³-hybridized carbons (Fsp3) is 0.278. The van der Waals surface area contributed by atoms with Gasteiger partial charge in [-0.25, -0.2) is 0 Å². The lowest BCUT2D eigenvalue weighted by Crippen LogP contribution is -2.29. The minimum Gasteiger partial charge on any atom is -0.423 e. The van der Waals surface area contributed by atoms with Gasteiger partial charge in [-0.3, -0.25) is 4.79 Å². The summed E-state index contributed by atoms with van der Waals surface area (Å²) >= 11 is 0. The van der Waals surface area contributed by atoms with E-state index in [1.54, 1.807) is 6.07 Å². The first-order chi connectivity index (χ1) is 10.8. The second-order valence-electron chi connectivity index (χ2n) is 6.56. The molecule has 0 saturated carbocycles. The summed E-state index contributed by atoms with van der Waals surface area (Å²) in [4.78, 5) is 12.5. The topological polar surface area (TPSA) is 58.6 Å². The maximum atomic E-state index is 12.5. The van der Waals surface area contributed by atoms with Gasteiger partial charge in [-0.05, 0) is 62.5 Å². The summed E-state index contributed by atoms with van der Waals surface area (Å²) in [5, 5.41) is 12.9. The normalized spacial score (nSPS) is 15.4.